The summed E-state index contributed by atoms with van der Waals surface area (Å²) >= 11 is 1.63. The first-order valence-electron chi connectivity index (χ1n) is 5.47. The number of aryl methyl sites for hydroxylation is 1. The summed E-state index contributed by atoms with van der Waals surface area (Å²) in [4.78, 5) is 5.28. The predicted octanol–water partition coefficient (Wildman–Crippen LogP) is 3.08. The zero-order chi connectivity index (χ0) is 12.3. The molecule has 90 valence electrons. The van der Waals surface area contributed by atoms with Crippen molar-refractivity contribution in [3.05, 3.63) is 45.9 Å². The van der Waals surface area contributed by atoms with Gasteiger partial charge in [0.25, 0.3) is 0 Å². The van der Waals surface area contributed by atoms with Crippen molar-refractivity contribution >= 4 is 11.3 Å². The van der Waals surface area contributed by atoms with Gasteiger partial charge in [0.05, 0.1) is 16.0 Å². The lowest BCUT2D eigenvalue weighted by molar-refractivity contribution is 0.198. The molecule has 0 fully saturated rings. The van der Waals surface area contributed by atoms with E-state index in [-0.39, 0.29) is 0 Å². The first kappa shape index (κ1) is 12.1. The van der Waals surface area contributed by atoms with E-state index >= 15 is 0 Å². The minimum Gasteiger partial charge on any atom is -0.488 e. The molecule has 1 aromatic heterocycles. The van der Waals surface area contributed by atoms with Crippen LogP contribution in [0.3, 0.4) is 0 Å². The molecule has 2 rings (SSSR count). The number of ether oxygens (including phenoxy) is 1. The van der Waals surface area contributed by atoms with Gasteiger partial charge in [0.1, 0.15) is 12.4 Å². The maximum absolute atomic E-state index is 9.47. The molecule has 1 aromatic carbocycles. The minimum absolute atomic E-state index is 0.468. The summed E-state index contributed by atoms with van der Waals surface area (Å²) in [5, 5.41) is 10.5. The fraction of sp³-hybridized carbons (Fsp3) is 0.308. The largest absolute Gasteiger partial charge is 0.488 e. The highest BCUT2D eigenvalue weighted by molar-refractivity contribution is 7.11. The fourth-order valence-corrected chi connectivity index (χ4v) is 2.20. The predicted molar refractivity (Wildman–Crippen MR) is 68.3 cm³/mol. The van der Waals surface area contributed by atoms with Crippen molar-refractivity contribution in [3.63, 3.8) is 0 Å². The van der Waals surface area contributed by atoms with E-state index in [2.05, 4.69) is 4.98 Å². The van der Waals surface area contributed by atoms with Crippen LogP contribution < -0.4 is 4.74 Å². The normalized spacial score (nSPS) is 12.4. The van der Waals surface area contributed by atoms with E-state index < -0.39 is 6.10 Å². The zero-order valence-corrected chi connectivity index (χ0v) is 10.7. The number of rotatable bonds is 4. The van der Waals surface area contributed by atoms with Crippen LogP contribution in [0.2, 0.25) is 0 Å². The van der Waals surface area contributed by atoms with Crippen LogP contribution in [0.25, 0.3) is 0 Å². The molecule has 2 aromatic rings. The van der Waals surface area contributed by atoms with Crippen molar-refractivity contribution in [2.24, 2.45) is 0 Å². The first-order valence-corrected chi connectivity index (χ1v) is 6.29. The molecule has 1 N–H and O–H groups in total. The Morgan fingerprint density at radius 3 is 2.94 bits per heavy atom. The lowest BCUT2D eigenvalue weighted by Gasteiger charge is -2.08. The van der Waals surface area contributed by atoms with E-state index in [1.165, 1.54) is 0 Å². The lowest BCUT2D eigenvalue weighted by atomic mass is 10.1. The van der Waals surface area contributed by atoms with Crippen molar-refractivity contribution in [1.29, 1.82) is 0 Å². The molecule has 3 nitrogen and oxygen atoms in total. The maximum Gasteiger partial charge on any atom is 0.124 e. The van der Waals surface area contributed by atoms with Gasteiger partial charge in [0.15, 0.2) is 0 Å². The molecule has 0 saturated carbocycles. The van der Waals surface area contributed by atoms with Crippen LogP contribution in [0, 0.1) is 6.92 Å². The summed E-state index contributed by atoms with van der Waals surface area (Å²) in [7, 11) is 0. The molecular weight excluding hydrogens is 234 g/mol. The molecule has 0 aliphatic rings. The smallest absolute Gasteiger partial charge is 0.124 e. The molecule has 17 heavy (non-hydrogen) atoms. The number of hydrogen-bond acceptors (Lipinski definition) is 4. The zero-order valence-electron chi connectivity index (χ0n) is 9.88. The molecule has 0 amide bonds. The molecule has 1 atom stereocenters. The van der Waals surface area contributed by atoms with Crippen LogP contribution >= 0.6 is 11.3 Å². The number of benzene rings is 1. The summed E-state index contributed by atoms with van der Waals surface area (Å²) in [5.41, 5.74) is 0.864. The Morgan fingerprint density at radius 2 is 2.29 bits per heavy atom. The molecule has 0 unspecified atom stereocenters. The van der Waals surface area contributed by atoms with Gasteiger partial charge in [0.2, 0.25) is 0 Å². The molecule has 0 spiro atoms. The lowest BCUT2D eigenvalue weighted by Crippen LogP contribution is -1.95. The highest BCUT2D eigenvalue weighted by atomic mass is 32.1. The van der Waals surface area contributed by atoms with Crippen molar-refractivity contribution in [2.75, 3.05) is 0 Å². The monoisotopic (exact) mass is 249 g/mol. The molecule has 0 aliphatic heterocycles. The second-order valence-electron chi connectivity index (χ2n) is 3.88. The molecule has 0 bridgehead atoms. The maximum atomic E-state index is 9.47. The van der Waals surface area contributed by atoms with Crippen molar-refractivity contribution < 1.29 is 9.84 Å². The summed E-state index contributed by atoms with van der Waals surface area (Å²) in [5.74, 6) is 0.773. The van der Waals surface area contributed by atoms with E-state index in [1.54, 1.807) is 18.3 Å². The van der Waals surface area contributed by atoms with E-state index in [0.29, 0.717) is 6.61 Å². The second kappa shape index (κ2) is 5.29. The number of aliphatic hydroxyl groups excluding tert-OH is 1. The first-order chi connectivity index (χ1) is 8.15. The van der Waals surface area contributed by atoms with Crippen molar-refractivity contribution in [3.8, 4) is 5.75 Å². The Labute approximate surface area is 105 Å². The Morgan fingerprint density at radius 1 is 1.47 bits per heavy atom. The second-order valence-corrected chi connectivity index (χ2v) is 5.20. The van der Waals surface area contributed by atoms with Crippen molar-refractivity contribution in [2.45, 2.75) is 26.6 Å². The van der Waals surface area contributed by atoms with E-state index in [1.807, 2.05) is 37.4 Å². The van der Waals surface area contributed by atoms with Crippen LogP contribution in [0.15, 0.2) is 30.5 Å². The van der Waals surface area contributed by atoms with Gasteiger partial charge in [-0.15, -0.1) is 11.3 Å². The third kappa shape index (κ3) is 3.28. The summed E-state index contributed by atoms with van der Waals surface area (Å²) < 4.78 is 5.66. The highest BCUT2D eigenvalue weighted by Gasteiger charge is 2.03. The van der Waals surface area contributed by atoms with Gasteiger partial charge in [-0.3, -0.25) is 0 Å². The highest BCUT2D eigenvalue weighted by Crippen LogP contribution is 2.20. The summed E-state index contributed by atoms with van der Waals surface area (Å²) in [6.45, 7) is 4.24. The minimum atomic E-state index is -0.468. The van der Waals surface area contributed by atoms with Gasteiger partial charge < -0.3 is 9.84 Å². The number of aliphatic hydroxyl groups is 1. The van der Waals surface area contributed by atoms with Gasteiger partial charge in [-0.2, -0.15) is 0 Å². The van der Waals surface area contributed by atoms with Crippen LogP contribution in [0.1, 0.15) is 28.5 Å². The summed E-state index contributed by atoms with van der Waals surface area (Å²) in [6, 6.07) is 7.52. The van der Waals surface area contributed by atoms with Crippen LogP contribution in [-0.2, 0) is 6.61 Å². The topological polar surface area (TPSA) is 42.4 Å². The number of hydrogen-bond donors (Lipinski definition) is 1. The van der Waals surface area contributed by atoms with E-state index in [4.69, 9.17) is 4.74 Å². The Balaban J connectivity index is 2.01. The number of aromatic nitrogens is 1. The van der Waals surface area contributed by atoms with Gasteiger partial charge in [-0.1, -0.05) is 12.1 Å². The third-order valence-electron chi connectivity index (χ3n) is 2.39. The van der Waals surface area contributed by atoms with E-state index in [9.17, 15) is 5.11 Å². The molecular formula is C13H15NO2S. The molecule has 1 heterocycles. The molecule has 4 heteroatoms. The number of nitrogens with zero attached hydrogens (tertiary/aromatic N) is 1. The van der Waals surface area contributed by atoms with Crippen molar-refractivity contribution in [1.82, 2.24) is 4.98 Å². The Hall–Kier alpha value is -1.39. The molecule has 0 radical (unpaired) electrons. The van der Waals surface area contributed by atoms with Gasteiger partial charge in [-0.25, -0.2) is 4.98 Å². The quantitative estimate of drug-likeness (QED) is 0.905. The molecule has 0 saturated heterocycles. The Kier molecular flexibility index (Phi) is 3.76. The Bertz CT molecular complexity index is 494. The summed E-state index contributed by atoms with van der Waals surface area (Å²) in [6.07, 6.45) is 1.36. The number of thiazole rings is 1. The van der Waals surface area contributed by atoms with Crippen LogP contribution in [0.5, 0.6) is 5.75 Å². The average molecular weight is 249 g/mol. The van der Waals surface area contributed by atoms with Gasteiger partial charge >= 0.3 is 0 Å². The third-order valence-corrected chi connectivity index (χ3v) is 3.28. The van der Waals surface area contributed by atoms with Gasteiger partial charge in [0, 0.05) is 6.20 Å². The average Bonchev–Trinajstić information content (AvgIpc) is 2.73. The standard InChI is InChI=1S/C13H15NO2S/c1-9(15)11-4-3-5-12(6-11)16-8-13-7-14-10(2)17-13/h3-7,9,15H,8H2,1-2H3/t9-/m0/s1. The van der Waals surface area contributed by atoms with Crippen LogP contribution in [-0.4, -0.2) is 10.1 Å². The fourth-order valence-electron chi connectivity index (χ4n) is 1.49. The van der Waals surface area contributed by atoms with Crippen LogP contribution in [0.4, 0.5) is 0 Å². The molecule has 0 aliphatic carbocycles. The SMILES string of the molecule is Cc1ncc(COc2cccc([C@H](C)O)c2)s1. The van der Waals surface area contributed by atoms with Gasteiger partial charge in [-0.05, 0) is 31.5 Å². The van der Waals surface area contributed by atoms with E-state index in [0.717, 1.165) is 21.2 Å².